The van der Waals surface area contributed by atoms with E-state index < -0.39 is 0 Å². The highest BCUT2D eigenvalue weighted by molar-refractivity contribution is 9.09. The Morgan fingerprint density at radius 3 is 2.11 bits per heavy atom. The van der Waals surface area contributed by atoms with E-state index in [-0.39, 0.29) is 0 Å². The van der Waals surface area contributed by atoms with Gasteiger partial charge in [-0.1, -0.05) is 29.8 Å². The van der Waals surface area contributed by atoms with Gasteiger partial charge in [-0.3, -0.25) is 0 Å². The van der Waals surface area contributed by atoms with Gasteiger partial charge in [0.2, 0.25) is 0 Å². The molecule has 0 bridgehead atoms. The van der Waals surface area contributed by atoms with Crippen LogP contribution >= 0.6 is 15.9 Å². The summed E-state index contributed by atoms with van der Waals surface area (Å²) in [5.74, 6) is 0. The molecule has 0 amide bonds. The van der Waals surface area contributed by atoms with Crippen LogP contribution in [0.3, 0.4) is 0 Å². The topological polar surface area (TPSA) is 9.23 Å². The largest absolute Gasteiger partial charge is 0.377 e. The molecule has 2 atom stereocenters. The molecule has 0 spiro atoms. The molecule has 1 rings (SSSR count). The van der Waals surface area contributed by atoms with Gasteiger partial charge in [0.25, 0.3) is 0 Å². The molecule has 0 aliphatic heterocycles. The van der Waals surface area contributed by atoms with E-state index in [9.17, 15) is 0 Å². The number of ether oxygens (including phenoxy) is 1. The lowest BCUT2D eigenvalue weighted by atomic mass is 10.2. The van der Waals surface area contributed by atoms with Crippen LogP contribution < -0.4 is 0 Å². The van der Waals surface area contributed by atoms with Crippen LogP contribution in [0.15, 0.2) is 0 Å². The molecule has 0 saturated heterocycles. The highest BCUT2D eigenvalue weighted by Crippen LogP contribution is 2.52. The Kier molecular flexibility index (Phi) is 1.88. The Bertz CT molecular complexity index is 111. The molecule has 0 heterocycles. The maximum atomic E-state index is 5.43. The highest BCUT2D eigenvalue weighted by Gasteiger charge is 2.57. The molecular weight excluding hydrogens is 180 g/mol. The molecule has 0 N–H and O–H groups in total. The monoisotopic (exact) mass is 192 g/mol. The third-order valence-electron chi connectivity index (χ3n) is 1.95. The lowest BCUT2D eigenvalue weighted by molar-refractivity contribution is 0.109. The van der Waals surface area contributed by atoms with Crippen molar-refractivity contribution in [1.29, 1.82) is 0 Å². The first-order chi connectivity index (χ1) is 4.10. The minimum absolute atomic E-state index is 0.371. The van der Waals surface area contributed by atoms with E-state index in [0.717, 1.165) is 6.61 Å². The van der Waals surface area contributed by atoms with Crippen molar-refractivity contribution < 1.29 is 4.74 Å². The lowest BCUT2D eigenvalue weighted by Gasteiger charge is -1.99. The van der Waals surface area contributed by atoms with E-state index >= 15 is 0 Å². The summed E-state index contributed by atoms with van der Waals surface area (Å²) in [5.41, 5.74) is 0.371. The van der Waals surface area contributed by atoms with E-state index in [2.05, 4.69) is 29.8 Å². The van der Waals surface area contributed by atoms with E-state index in [0.29, 0.717) is 16.3 Å². The van der Waals surface area contributed by atoms with Crippen molar-refractivity contribution >= 4 is 15.9 Å². The second kappa shape index (κ2) is 2.24. The van der Waals surface area contributed by atoms with Crippen LogP contribution in [0.5, 0.6) is 0 Å². The first-order valence-electron chi connectivity index (χ1n) is 3.36. The van der Waals surface area contributed by atoms with Gasteiger partial charge >= 0.3 is 0 Å². The van der Waals surface area contributed by atoms with Gasteiger partial charge in [-0.25, -0.2) is 0 Å². The zero-order valence-electron chi connectivity index (χ0n) is 6.15. The number of rotatable bonds is 2. The molecular formula is C7H13BrO. The number of hydrogen-bond donors (Lipinski definition) is 0. The fraction of sp³-hybridized carbons (Fsp3) is 1.00. The first-order valence-corrected chi connectivity index (χ1v) is 4.28. The summed E-state index contributed by atoms with van der Waals surface area (Å²) < 4.78 is 5.43. The minimum atomic E-state index is 0.371. The van der Waals surface area contributed by atoms with E-state index in [1.165, 1.54) is 0 Å². The quantitative estimate of drug-likeness (QED) is 0.611. The van der Waals surface area contributed by atoms with Crippen LogP contribution in [0.4, 0.5) is 0 Å². The molecule has 0 aromatic heterocycles. The third-order valence-corrected chi connectivity index (χ3v) is 3.61. The summed E-state index contributed by atoms with van der Waals surface area (Å²) in [6.07, 6.45) is 0.447. The Morgan fingerprint density at radius 2 is 2.00 bits per heavy atom. The number of alkyl halides is 1. The maximum Gasteiger partial charge on any atom is 0.0768 e. The average molecular weight is 193 g/mol. The Labute approximate surface area is 64.9 Å². The second-order valence-electron chi connectivity index (χ2n) is 3.10. The van der Waals surface area contributed by atoms with E-state index in [4.69, 9.17) is 4.74 Å². The van der Waals surface area contributed by atoms with Crippen molar-refractivity contribution in [1.82, 2.24) is 0 Å². The van der Waals surface area contributed by atoms with Crippen LogP contribution in [0.1, 0.15) is 20.8 Å². The fourth-order valence-corrected chi connectivity index (χ4v) is 1.95. The molecule has 2 unspecified atom stereocenters. The van der Waals surface area contributed by atoms with Gasteiger partial charge in [0.1, 0.15) is 0 Å². The molecule has 2 heteroatoms. The smallest absolute Gasteiger partial charge is 0.0768 e. The minimum Gasteiger partial charge on any atom is -0.377 e. The molecule has 9 heavy (non-hydrogen) atoms. The number of halogens is 1. The van der Waals surface area contributed by atoms with Crippen LogP contribution in [-0.4, -0.2) is 17.5 Å². The summed E-state index contributed by atoms with van der Waals surface area (Å²) in [7, 11) is 0. The SMILES string of the molecule is CCOC1C(Br)C1(C)C. The molecule has 1 fully saturated rings. The van der Waals surface area contributed by atoms with Gasteiger partial charge in [0, 0.05) is 16.8 Å². The average Bonchev–Trinajstić information content (AvgIpc) is 2.19. The normalized spacial score (nSPS) is 38.7. The highest BCUT2D eigenvalue weighted by atomic mass is 79.9. The maximum absolute atomic E-state index is 5.43. The van der Waals surface area contributed by atoms with Crippen molar-refractivity contribution in [2.24, 2.45) is 5.41 Å². The van der Waals surface area contributed by atoms with Crippen molar-refractivity contribution in [2.75, 3.05) is 6.61 Å². The van der Waals surface area contributed by atoms with Gasteiger partial charge in [-0.15, -0.1) is 0 Å². The number of hydrogen-bond acceptors (Lipinski definition) is 1. The Hall–Kier alpha value is 0.440. The van der Waals surface area contributed by atoms with Gasteiger partial charge in [-0.2, -0.15) is 0 Å². The van der Waals surface area contributed by atoms with Gasteiger partial charge in [0.15, 0.2) is 0 Å². The fourth-order valence-electron chi connectivity index (χ4n) is 1.01. The van der Waals surface area contributed by atoms with Gasteiger partial charge in [-0.05, 0) is 6.92 Å². The van der Waals surface area contributed by atoms with Gasteiger partial charge in [0.05, 0.1) is 6.10 Å². The summed E-state index contributed by atoms with van der Waals surface area (Å²) in [6, 6.07) is 0. The zero-order chi connectivity index (χ0) is 7.07. The predicted octanol–water partition coefficient (Wildman–Crippen LogP) is 2.19. The molecule has 1 aliphatic carbocycles. The van der Waals surface area contributed by atoms with Crippen molar-refractivity contribution in [3.8, 4) is 0 Å². The zero-order valence-corrected chi connectivity index (χ0v) is 7.73. The molecule has 1 saturated carbocycles. The van der Waals surface area contributed by atoms with Crippen molar-refractivity contribution in [3.05, 3.63) is 0 Å². The summed E-state index contributed by atoms with van der Waals surface area (Å²) in [6.45, 7) is 7.30. The molecule has 1 aliphatic rings. The van der Waals surface area contributed by atoms with Crippen LogP contribution in [0.2, 0.25) is 0 Å². The molecule has 0 radical (unpaired) electrons. The molecule has 1 nitrogen and oxygen atoms in total. The molecule has 0 aromatic carbocycles. The summed E-state index contributed by atoms with van der Waals surface area (Å²) in [5, 5.41) is 0. The Balaban J connectivity index is 2.33. The van der Waals surface area contributed by atoms with Crippen LogP contribution in [-0.2, 0) is 4.74 Å². The Morgan fingerprint density at radius 1 is 1.56 bits per heavy atom. The van der Waals surface area contributed by atoms with E-state index in [1.807, 2.05) is 6.92 Å². The van der Waals surface area contributed by atoms with Crippen LogP contribution in [0.25, 0.3) is 0 Å². The summed E-state index contributed by atoms with van der Waals surface area (Å²) in [4.78, 5) is 0.574. The van der Waals surface area contributed by atoms with Crippen molar-refractivity contribution in [3.63, 3.8) is 0 Å². The molecule has 54 valence electrons. The third kappa shape index (κ3) is 1.15. The van der Waals surface area contributed by atoms with E-state index in [1.54, 1.807) is 0 Å². The second-order valence-corrected chi connectivity index (χ2v) is 4.09. The molecule has 0 aromatic rings. The van der Waals surface area contributed by atoms with Crippen molar-refractivity contribution in [2.45, 2.75) is 31.7 Å². The predicted molar refractivity (Wildman–Crippen MR) is 41.9 cm³/mol. The first kappa shape index (κ1) is 7.55. The summed E-state index contributed by atoms with van der Waals surface area (Å²) >= 11 is 3.55. The van der Waals surface area contributed by atoms with Gasteiger partial charge < -0.3 is 4.74 Å². The lowest BCUT2D eigenvalue weighted by Crippen LogP contribution is -2.00. The van der Waals surface area contributed by atoms with Crippen LogP contribution in [0, 0.1) is 5.41 Å². The standard InChI is InChI=1S/C7H13BrO/c1-4-9-6-5(8)7(6,2)3/h5-6H,4H2,1-3H3.